The van der Waals surface area contributed by atoms with Crippen LogP contribution in [0.15, 0.2) is 34.7 Å². The highest BCUT2D eigenvalue weighted by atomic mass is 16.3. The molecule has 2 nitrogen and oxygen atoms in total. The molecule has 1 aromatic rings. The lowest BCUT2D eigenvalue weighted by molar-refractivity contribution is 0.402. The number of unbranched alkanes of at least 4 members (excludes halogenated alkanes) is 2. The van der Waals surface area contributed by atoms with Crippen molar-refractivity contribution in [3.63, 3.8) is 0 Å². The van der Waals surface area contributed by atoms with Crippen molar-refractivity contribution in [1.82, 2.24) is 0 Å². The molecule has 0 aromatic heterocycles. The molecule has 1 aromatic carbocycles. The van der Waals surface area contributed by atoms with Gasteiger partial charge in [0.25, 0.3) is 0 Å². The summed E-state index contributed by atoms with van der Waals surface area (Å²) in [6, 6.07) is 3.28. The molecule has 2 rings (SSSR count). The van der Waals surface area contributed by atoms with Gasteiger partial charge >= 0.3 is 0 Å². The number of phenolic OH excluding ortho intramolecular Hbond substituents is 2. The van der Waals surface area contributed by atoms with E-state index in [2.05, 4.69) is 6.92 Å². The molecule has 1 aliphatic carbocycles. The summed E-state index contributed by atoms with van der Waals surface area (Å²) in [6.07, 6.45) is 6.33. The van der Waals surface area contributed by atoms with Gasteiger partial charge in [-0.15, -0.1) is 15.8 Å². The first-order valence-corrected chi connectivity index (χ1v) is 10.5. The number of hydrogen-bond acceptors (Lipinski definition) is 2. The third-order valence-electron chi connectivity index (χ3n) is 5.84. The molecule has 16 radical (unpaired) electrons. The minimum Gasteiger partial charge on any atom is -0.507 e. The second-order valence-electron chi connectivity index (χ2n) is 8.60. The van der Waals surface area contributed by atoms with E-state index < -0.39 is 22.1 Å². The van der Waals surface area contributed by atoms with Gasteiger partial charge in [-0.05, 0) is 49.3 Å². The Morgan fingerprint density at radius 3 is 2.03 bits per heavy atom. The average molecular weight is 393 g/mol. The molecule has 142 valence electrons. The minimum atomic E-state index is -1.80. The van der Waals surface area contributed by atoms with Crippen molar-refractivity contribution < 1.29 is 10.2 Å². The van der Waals surface area contributed by atoms with Gasteiger partial charge in [0.2, 0.25) is 0 Å². The first-order chi connectivity index (χ1) is 14.3. The van der Waals surface area contributed by atoms with Crippen molar-refractivity contribution in [2.75, 3.05) is 0 Å². The zero-order chi connectivity index (χ0) is 23.6. The van der Waals surface area contributed by atoms with E-state index in [1.54, 1.807) is 18.2 Å². The Morgan fingerprint density at radius 1 is 1.00 bits per heavy atom. The van der Waals surface area contributed by atoms with Crippen LogP contribution in [0.5, 0.6) is 11.5 Å². The second-order valence-corrected chi connectivity index (χ2v) is 8.60. The molecule has 2 atom stereocenters. The lowest BCUT2D eigenvalue weighted by Crippen LogP contribution is -2.31. The van der Waals surface area contributed by atoms with E-state index in [9.17, 15) is 10.2 Å². The zero-order valence-electron chi connectivity index (χ0n) is 18.1. The fourth-order valence-electron chi connectivity index (χ4n) is 4.41. The van der Waals surface area contributed by atoms with Crippen molar-refractivity contribution in [2.45, 2.75) is 61.6 Å². The molecule has 10 heteroatoms. The molecular weight excluding hydrogens is 371 g/mol. The maximum absolute atomic E-state index is 10.9. The van der Waals surface area contributed by atoms with E-state index in [-0.39, 0.29) is 28.0 Å². The topological polar surface area (TPSA) is 40.5 Å². The van der Waals surface area contributed by atoms with Crippen molar-refractivity contribution in [3.8, 4) is 11.5 Å². The number of hydrogen-bond donors (Lipinski definition) is 2. The van der Waals surface area contributed by atoms with E-state index in [4.69, 9.17) is 62.8 Å². The van der Waals surface area contributed by atoms with Crippen molar-refractivity contribution in [3.05, 3.63) is 45.9 Å². The largest absolute Gasteiger partial charge is 0.507 e. The second kappa shape index (κ2) is 10.2. The number of rotatable bonds is 8. The summed E-state index contributed by atoms with van der Waals surface area (Å²) >= 11 is 0. The van der Waals surface area contributed by atoms with Crippen LogP contribution in [0.1, 0.15) is 56.1 Å². The highest BCUT2D eigenvalue weighted by molar-refractivity contribution is 6.63. The summed E-state index contributed by atoms with van der Waals surface area (Å²) in [7, 11) is 47.4. The first kappa shape index (κ1) is 26.1. The van der Waals surface area contributed by atoms with E-state index in [1.165, 1.54) is 0 Å². The summed E-state index contributed by atoms with van der Waals surface area (Å²) in [5.41, 5.74) is 1.85. The number of benzene rings is 1. The Balaban J connectivity index is 2.61. The van der Waals surface area contributed by atoms with Crippen molar-refractivity contribution >= 4 is 62.8 Å². The SMILES string of the molecule is [B]C([B])=C(C1CCC(C([B])([B])[B])=CC1c1c(O)cc(CCCCC)cc1O)C([B])([B])[B]. The molecule has 0 amide bonds. The molecule has 0 aliphatic heterocycles. The maximum Gasteiger partial charge on any atom is 0.123 e. The van der Waals surface area contributed by atoms with Gasteiger partial charge in [-0.2, -0.15) is 5.37 Å². The third-order valence-corrected chi connectivity index (χ3v) is 5.84. The Hall–Kier alpha value is -1.18. The molecule has 0 spiro atoms. The molecule has 0 bridgehead atoms. The van der Waals surface area contributed by atoms with Crippen LogP contribution >= 0.6 is 0 Å². The van der Waals surface area contributed by atoms with Crippen LogP contribution in [0.4, 0.5) is 0 Å². The number of allylic oxidation sites excluding steroid dienone is 3. The van der Waals surface area contributed by atoms with Gasteiger partial charge in [-0.25, -0.2) is 0 Å². The molecule has 1 aliphatic rings. The van der Waals surface area contributed by atoms with Crippen LogP contribution in [0, 0.1) is 5.92 Å². The molecular formula is C21H22B8O2. The lowest BCUT2D eigenvalue weighted by atomic mass is 9.34. The van der Waals surface area contributed by atoms with E-state index in [1.807, 2.05) is 0 Å². The van der Waals surface area contributed by atoms with Crippen LogP contribution in [0.25, 0.3) is 0 Å². The number of phenols is 2. The van der Waals surface area contributed by atoms with Gasteiger partial charge in [0, 0.05) is 11.5 Å². The molecule has 2 unspecified atom stereocenters. The Morgan fingerprint density at radius 2 is 1.58 bits per heavy atom. The molecule has 31 heavy (non-hydrogen) atoms. The van der Waals surface area contributed by atoms with E-state index >= 15 is 0 Å². The number of aromatic hydroxyl groups is 2. The van der Waals surface area contributed by atoms with Gasteiger partial charge < -0.3 is 10.2 Å². The van der Waals surface area contributed by atoms with Crippen LogP contribution in [0.2, 0.25) is 10.2 Å². The van der Waals surface area contributed by atoms with Gasteiger partial charge in [-0.3, -0.25) is 0 Å². The highest BCUT2D eigenvalue weighted by Crippen LogP contribution is 2.52. The van der Waals surface area contributed by atoms with Crippen molar-refractivity contribution in [1.29, 1.82) is 0 Å². The predicted octanol–water partition coefficient (Wildman–Crippen LogP) is 1.96. The highest BCUT2D eigenvalue weighted by Gasteiger charge is 2.37. The molecule has 0 saturated heterocycles. The van der Waals surface area contributed by atoms with Gasteiger partial charge in [-0.1, -0.05) is 31.4 Å². The van der Waals surface area contributed by atoms with Crippen molar-refractivity contribution in [2.24, 2.45) is 5.92 Å². The summed E-state index contributed by atoms with van der Waals surface area (Å²) in [5.74, 6) is -1.33. The monoisotopic (exact) mass is 394 g/mol. The zero-order valence-corrected chi connectivity index (χ0v) is 18.1. The third kappa shape index (κ3) is 6.42. The Bertz CT molecular complexity index is 825. The molecule has 0 fully saturated rings. The molecule has 2 N–H and O–H groups in total. The predicted molar refractivity (Wildman–Crippen MR) is 135 cm³/mol. The average Bonchev–Trinajstić information content (AvgIpc) is 2.60. The normalized spacial score (nSPS) is 19.6. The number of aryl methyl sites for hydroxylation is 1. The smallest absolute Gasteiger partial charge is 0.123 e. The van der Waals surface area contributed by atoms with Gasteiger partial charge in [0.15, 0.2) is 0 Å². The Kier molecular flexibility index (Phi) is 8.56. The quantitative estimate of drug-likeness (QED) is 0.403. The fourth-order valence-corrected chi connectivity index (χ4v) is 4.41. The summed E-state index contributed by atoms with van der Waals surface area (Å²) in [6.45, 7) is 2.11. The van der Waals surface area contributed by atoms with Crippen LogP contribution in [-0.2, 0) is 6.42 Å². The Labute approximate surface area is 197 Å². The maximum atomic E-state index is 10.9. The van der Waals surface area contributed by atoms with E-state index in [0.717, 1.165) is 31.2 Å². The first-order valence-electron chi connectivity index (χ1n) is 10.5. The minimum absolute atomic E-state index is 0.0812. The fraction of sp³-hybridized carbons (Fsp3) is 0.524. The summed E-state index contributed by atoms with van der Waals surface area (Å²) in [5, 5.41) is 18.2. The van der Waals surface area contributed by atoms with Gasteiger partial charge in [0.05, 0.1) is 62.8 Å². The standard InChI is InChI=1S/C21H22B8O2/c1-2-3-4-5-11-8-15(30)17(16(31)9-11)14-10-12(20(24,25)26)6-7-13(14)18(19(22)23)21(27,28)29/h8-10,13-14,30-31H,2-7H2,1H3. The van der Waals surface area contributed by atoms with Crippen LogP contribution in [0.3, 0.4) is 0 Å². The summed E-state index contributed by atoms with van der Waals surface area (Å²) in [4.78, 5) is 0. The molecule has 0 saturated carbocycles. The van der Waals surface area contributed by atoms with Gasteiger partial charge in [0.1, 0.15) is 11.5 Å². The van der Waals surface area contributed by atoms with E-state index in [0.29, 0.717) is 18.4 Å². The van der Waals surface area contributed by atoms with Crippen LogP contribution in [-0.4, -0.2) is 73.0 Å². The summed E-state index contributed by atoms with van der Waals surface area (Å²) < 4.78 is 0. The van der Waals surface area contributed by atoms with Crippen LogP contribution < -0.4 is 0 Å². The lowest BCUT2D eigenvalue weighted by Gasteiger charge is -2.43. The molecule has 0 heterocycles.